The minimum atomic E-state index is -0.285. The Morgan fingerprint density at radius 1 is 1.69 bits per heavy atom. The second-order valence-electron chi connectivity index (χ2n) is 3.96. The molecule has 1 N–H and O–H groups in total. The summed E-state index contributed by atoms with van der Waals surface area (Å²) in [6.07, 6.45) is 2.62. The highest BCUT2D eigenvalue weighted by Gasteiger charge is 2.30. The van der Waals surface area contributed by atoms with E-state index in [1.165, 1.54) is 12.5 Å². The fraction of sp³-hybridized carbons (Fsp3) is 0.545. The van der Waals surface area contributed by atoms with E-state index in [0.717, 1.165) is 0 Å². The summed E-state index contributed by atoms with van der Waals surface area (Å²) in [7, 11) is 0. The van der Waals surface area contributed by atoms with Crippen LogP contribution in [0.1, 0.15) is 17.3 Å². The van der Waals surface area contributed by atoms with Crippen molar-refractivity contribution in [2.45, 2.75) is 19.1 Å². The molecule has 0 radical (unpaired) electrons. The van der Waals surface area contributed by atoms with Crippen molar-refractivity contribution in [3.8, 4) is 0 Å². The molecular weight excluding hydrogens is 210 g/mol. The average molecular weight is 225 g/mol. The van der Waals surface area contributed by atoms with E-state index in [-0.39, 0.29) is 24.7 Å². The molecule has 2 rings (SSSR count). The number of aliphatic hydroxyl groups is 1. The van der Waals surface area contributed by atoms with Gasteiger partial charge in [0.05, 0.1) is 37.2 Å². The molecule has 0 bridgehead atoms. The van der Waals surface area contributed by atoms with Crippen molar-refractivity contribution in [1.29, 1.82) is 0 Å². The van der Waals surface area contributed by atoms with Crippen LogP contribution in [0.2, 0.25) is 0 Å². The number of morpholine rings is 1. The first-order valence-electron chi connectivity index (χ1n) is 5.28. The second-order valence-corrected chi connectivity index (χ2v) is 3.96. The Kier molecular flexibility index (Phi) is 3.26. The minimum Gasteiger partial charge on any atom is -0.472 e. The molecule has 2 heterocycles. The zero-order valence-electron chi connectivity index (χ0n) is 9.13. The van der Waals surface area contributed by atoms with Crippen LogP contribution in [-0.4, -0.2) is 47.8 Å². The Balaban J connectivity index is 2.09. The van der Waals surface area contributed by atoms with Gasteiger partial charge in [-0.25, -0.2) is 0 Å². The van der Waals surface area contributed by atoms with E-state index in [2.05, 4.69) is 0 Å². The van der Waals surface area contributed by atoms with E-state index in [1.807, 2.05) is 6.92 Å². The summed E-state index contributed by atoms with van der Waals surface area (Å²) >= 11 is 0. The smallest absolute Gasteiger partial charge is 0.257 e. The summed E-state index contributed by atoms with van der Waals surface area (Å²) in [5.74, 6) is -0.0806. The average Bonchev–Trinajstić information content (AvgIpc) is 2.82. The van der Waals surface area contributed by atoms with Gasteiger partial charge in [-0.1, -0.05) is 0 Å². The fourth-order valence-electron chi connectivity index (χ4n) is 1.76. The molecule has 16 heavy (non-hydrogen) atoms. The normalized spacial score (nSPS) is 25.8. The van der Waals surface area contributed by atoms with Crippen molar-refractivity contribution < 1.29 is 19.1 Å². The number of carbonyl (C=O) groups excluding carboxylic acids is 1. The van der Waals surface area contributed by atoms with Crippen LogP contribution in [0.25, 0.3) is 0 Å². The summed E-state index contributed by atoms with van der Waals surface area (Å²) in [5.41, 5.74) is 0.533. The maximum Gasteiger partial charge on any atom is 0.257 e. The van der Waals surface area contributed by atoms with Crippen molar-refractivity contribution >= 4 is 5.91 Å². The Bertz CT molecular complexity index is 349. The molecule has 1 amide bonds. The number of furan rings is 1. The third-order valence-corrected chi connectivity index (χ3v) is 2.74. The van der Waals surface area contributed by atoms with Crippen LogP contribution in [0.3, 0.4) is 0 Å². The molecule has 5 heteroatoms. The molecule has 2 unspecified atom stereocenters. The van der Waals surface area contributed by atoms with Crippen LogP contribution < -0.4 is 0 Å². The van der Waals surface area contributed by atoms with Gasteiger partial charge in [0.25, 0.3) is 5.91 Å². The molecule has 1 saturated heterocycles. The third kappa shape index (κ3) is 2.10. The molecule has 0 spiro atoms. The highest BCUT2D eigenvalue weighted by atomic mass is 16.5. The van der Waals surface area contributed by atoms with Gasteiger partial charge in [-0.05, 0) is 13.0 Å². The van der Waals surface area contributed by atoms with E-state index < -0.39 is 0 Å². The Labute approximate surface area is 93.6 Å². The summed E-state index contributed by atoms with van der Waals surface area (Å²) in [6, 6.07) is 1.66. The first-order chi connectivity index (χ1) is 7.72. The molecular formula is C11H15NO4. The Morgan fingerprint density at radius 3 is 3.12 bits per heavy atom. The van der Waals surface area contributed by atoms with Gasteiger partial charge >= 0.3 is 0 Å². The highest BCUT2D eigenvalue weighted by Crippen LogP contribution is 2.15. The van der Waals surface area contributed by atoms with Gasteiger partial charge in [0.1, 0.15) is 6.26 Å². The van der Waals surface area contributed by atoms with Crippen molar-refractivity contribution in [3.05, 3.63) is 24.2 Å². The third-order valence-electron chi connectivity index (χ3n) is 2.74. The van der Waals surface area contributed by atoms with Gasteiger partial charge in [0.15, 0.2) is 0 Å². The summed E-state index contributed by atoms with van der Waals surface area (Å²) in [5, 5.41) is 9.03. The van der Waals surface area contributed by atoms with Crippen LogP contribution >= 0.6 is 0 Å². The van der Waals surface area contributed by atoms with E-state index in [0.29, 0.717) is 18.7 Å². The van der Waals surface area contributed by atoms with Crippen LogP contribution in [0.4, 0.5) is 0 Å². The lowest BCUT2D eigenvalue weighted by Gasteiger charge is -2.37. The molecule has 1 aliphatic heterocycles. The van der Waals surface area contributed by atoms with E-state index in [4.69, 9.17) is 14.3 Å². The zero-order valence-corrected chi connectivity index (χ0v) is 9.13. The number of rotatable bonds is 2. The summed E-state index contributed by atoms with van der Waals surface area (Å²) in [4.78, 5) is 13.8. The maximum atomic E-state index is 12.1. The number of nitrogens with zero attached hydrogens (tertiary/aromatic N) is 1. The van der Waals surface area contributed by atoms with Crippen molar-refractivity contribution in [3.63, 3.8) is 0 Å². The number of amides is 1. The van der Waals surface area contributed by atoms with Crippen LogP contribution in [0.15, 0.2) is 23.0 Å². The van der Waals surface area contributed by atoms with Gasteiger partial charge < -0.3 is 19.2 Å². The first-order valence-corrected chi connectivity index (χ1v) is 5.28. The quantitative estimate of drug-likeness (QED) is 0.796. The topological polar surface area (TPSA) is 62.9 Å². The van der Waals surface area contributed by atoms with Gasteiger partial charge in [0.2, 0.25) is 0 Å². The number of hydrogen-bond donors (Lipinski definition) is 1. The Hall–Kier alpha value is -1.33. The predicted molar refractivity (Wildman–Crippen MR) is 56.0 cm³/mol. The predicted octanol–water partition coefficient (Wildman–Crippen LogP) is 0.501. The number of carbonyl (C=O) groups is 1. The van der Waals surface area contributed by atoms with Crippen molar-refractivity contribution in [1.82, 2.24) is 4.90 Å². The largest absolute Gasteiger partial charge is 0.472 e. The van der Waals surface area contributed by atoms with Crippen molar-refractivity contribution in [2.24, 2.45) is 0 Å². The maximum absolute atomic E-state index is 12.1. The number of hydrogen-bond acceptors (Lipinski definition) is 4. The molecule has 1 aromatic heterocycles. The van der Waals surface area contributed by atoms with Gasteiger partial charge in [-0.2, -0.15) is 0 Å². The summed E-state index contributed by atoms with van der Waals surface area (Å²) in [6.45, 7) is 2.73. The molecule has 0 aliphatic carbocycles. The highest BCUT2D eigenvalue weighted by molar-refractivity contribution is 5.94. The summed E-state index contributed by atoms with van der Waals surface area (Å²) < 4.78 is 10.3. The van der Waals surface area contributed by atoms with Crippen molar-refractivity contribution in [2.75, 3.05) is 19.8 Å². The number of ether oxygens (including phenoxy) is 1. The molecule has 0 aromatic carbocycles. The monoisotopic (exact) mass is 225 g/mol. The van der Waals surface area contributed by atoms with E-state index in [9.17, 15) is 4.79 Å². The van der Waals surface area contributed by atoms with Gasteiger partial charge in [0, 0.05) is 6.54 Å². The molecule has 1 aromatic rings. The van der Waals surface area contributed by atoms with Crippen LogP contribution in [0, 0.1) is 0 Å². The molecule has 0 saturated carbocycles. The number of aliphatic hydroxyl groups excluding tert-OH is 1. The van der Waals surface area contributed by atoms with Gasteiger partial charge in [-0.3, -0.25) is 4.79 Å². The molecule has 5 nitrogen and oxygen atoms in total. The van der Waals surface area contributed by atoms with E-state index >= 15 is 0 Å². The molecule has 2 atom stereocenters. The Morgan fingerprint density at radius 2 is 2.50 bits per heavy atom. The first kappa shape index (κ1) is 11.2. The molecule has 1 aliphatic rings. The lowest BCUT2D eigenvalue weighted by Crippen LogP contribution is -2.51. The van der Waals surface area contributed by atoms with E-state index in [1.54, 1.807) is 11.0 Å². The van der Waals surface area contributed by atoms with Gasteiger partial charge in [-0.15, -0.1) is 0 Å². The standard InChI is InChI=1S/C11H15NO4/c1-8-6-16-10(5-13)4-12(8)11(14)9-2-3-15-7-9/h2-3,7-8,10,13H,4-6H2,1H3. The molecule has 1 fully saturated rings. The van der Waals surface area contributed by atoms with Crippen LogP contribution in [0.5, 0.6) is 0 Å². The molecule has 88 valence electrons. The second kappa shape index (κ2) is 4.67. The zero-order chi connectivity index (χ0) is 11.5. The lowest BCUT2D eigenvalue weighted by molar-refractivity contribution is -0.0667. The van der Waals surface area contributed by atoms with Crippen LogP contribution in [-0.2, 0) is 4.74 Å². The minimum absolute atomic E-state index is 0.0187. The fourth-order valence-corrected chi connectivity index (χ4v) is 1.76. The SMILES string of the molecule is CC1COC(CO)CN1C(=O)c1ccoc1. The lowest BCUT2D eigenvalue weighted by atomic mass is 10.1.